The Balaban J connectivity index is 2.62. The first-order valence-electron chi connectivity index (χ1n) is 1.67. The van der Waals surface area contributed by atoms with Crippen LogP contribution in [0.1, 0.15) is 8.27 Å². The molecule has 0 saturated heterocycles. The fourth-order valence-corrected chi connectivity index (χ4v) is 0. The van der Waals surface area contributed by atoms with E-state index in [1.165, 1.54) is 0 Å². The largest absolute Gasteiger partial charge is 0.216 e. The average molecular weight is 61.1 g/mol. The Bertz CT molecular complexity index is 33.9. The van der Waals surface area contributed by atoms with Gasteiger partial charge < -0.3 is 0 Å². The van der Waals surface area contributed by atoms with Crippen LogP contribution in [-0.2, 0) is 0 Å². The van der Waals surface area contributed by atoms with Gasteiger partial charge >= 0.3 is 0 Å². The van der Waals surface area contributed by atoms with Crippen molar-refractivity contribution in [3.63, 3.8) is 0 Å². The molecule has 0 unspecified atom stereocenters. The first-order chi connectivity index (χ1) is 2.41. The van der Waals surface area contributed by atoms with Gasteiger partial charge in [-0.1, -0.05) is 6.08 Å². The van der Waals surface area contributed by atoms with E-state index in [-0.39, 0.29) is 6.90 Å². The first-order valence-corrected chi connectivity index (χ1v) is 0.960. The van der Waals surface area contributed by atoms with Crippen molar-refractivity contribution in [1.82, 2.24) is 0 Å². The molecular formula is C3H5F. The SMILES string of the molecule is [2H]C/C=C/F. The van der Waals surface area contributed by atoms with Crippen LogP contribution < -0.4 is 0 Å². The molecule has 0 rings (SSSR count). The fraction of sp³-hybridized carbons (Fsp3) is 0.333. The van der Waals surface area contributed by atoms with Gasteiger partial charge in [0.1, 0.15) is 0 Å². The number of rotatable bonds is 0. The van der Waals surface area contributed by atoms with Crippen molar-refractivity contribution in [2.24, 2.45) is 0 Å². The molecule has 0 aromatic heterocycles. The second-order valence-corrected chi connectivity index (χ2v) is 0.362. The highest BCUT2D eigenvalue weighted by atomic mass is 19.1. The molecule has 0 aliphatic rings. The standard InChI is InChI=1S/C3H5F/c1-2-3-4/h2-3H,1H3/b3-2+/i1D. The van der Waals surface area contributed by atoms with Gasteiger partial charge in [0.2, 0.25) is 0 Å². The van der Waals surface area contributed by atoms with Gasteiger partial charge in [0.15, 0.2) is 0 Å². The molecule has 0 atom stereocenters. The van der Waals surface area contributed by atoms with Crippen LogP contribution in [0.15, 0.2) is 12.4 Å². The highest BCUT2D eigenvalue weighted by Crippen LogP contribution is 1.62. The lowest BCUT2D eigenvalue weighted by molar-refractivity contribution is 0.719. The van der Waals surface area contributed by atoms with E-state index in [0.717, 1.165) is 6.08 Å². The maximum atomic E-state index is 10.7. The molecule has 0 aromatic carbocycles. The molecular weight excluding hydrogens is 55.0 g/mol. The van der Waals surface area contributed by atoms with Crippen molar-refractivity contribution >= 4 is 0 Å². The zero-order valence-electron chi connectivity index (χ0n) is 3.24. The normalized spacial score (nSPS) is 12.8. The maximum absolute atomic E-state index is 10.7. The van der Waals surface area contributed by atoms with E-state index < -0.39 is 0 Å². The molecule has 24 valence electrons. The van der Waals surface area contributed by atoms with Crippen LogP contribution in [0, 0.1) is 0 Å². The second kappa shape index (κ2) is 2.67. The number of halogens is 1. The van der Waals surface area contributed by atoms with E-state index in [4.69, 9.17) is 1.37 Å². The van der Waals surface area contributed by atoms with Gasteiger partial charge in [-0.15, -0.1) is 0 Å². The van der Waals surface area contributed by atoms with E-state index >= 15 is 0 Å². The highest BCUT2D eigenvalue weighted by molar-refractivity contribution is 4.61. The topological polar surface area (TPSA) is 0 Å². The molecule has 4 heavy (non-hydrogen) atoms. The Hall–Kier alpha value is -0.330. The third-order valence-electron chi connectivity index (χ3n) is 0.0891. The monoisotopic (exact) mass is 61.0 g/mol. The molecule has 0 saturated carbocycles. The van der Waals surface area contributed by atoms with Crippen molar-refractivity contribution in [2.45, 2.75) is 6.90 Å². The molecule has 1 heteroatoms. The molecule has 0 spiro atoms. The molecule has 0 amide bonds. The number of hydrogen-bond donors (Lipinski definition) is 0. The van der Waals surface area contributed by atoms with Crippen LogP contribution >= 0.6 is 0 Å². The summed E-state index contributed by atoms with van der Waals surface area (Å²) >= 11 is 0. The van der Waals surface area contributed by atoms with Gasteiger partial charge in [0.25, 0.3) is 0 Å². The Morgan fingerprint density at radius 1 is 2.25 bits per heavy atom. The third-order valence-corrected chi connectivity index (χ3v) is 0.0891. The second-order valence-electron chi connectivity index (χ2n) is 0.362. The smallest absolute Gasteiger partial charge is 0.0824 e. The number of hydrogen-bond acceptors (Lipinski definition) is 0. The van der Waals surface area contributed by atoms with Crippen LogP contribution in [0.3, 0.4) is 0 Å². The van der Waals surface area contributed by atoms with Crippen LogP contribution in [0.25, 0.3) is 0 Å². The van der Waals surface area contributed by atoms with Crippen molar-refractivity contribution < 1.29 is 5.76 Å². The molecule has 0 N–H and O–H groups in total. The van der Waals surface area contributed by atoms with Crippen LogP contribution in [0.2, 0.25) is 0 Å². The molecule has 0 aromatic rings. The van der Waals surface area contributed by atoms with Crippen molar-refractivity contribution in [3.05, 3.63) is 12.4 Å². The van der Waals surface area contributed by atoms with Crippen molar-refractivity contribution in [2.75, 3.05) is 0 Å². The number of allylic oxidation sites excluding steroid dienone is 1. The lowest BCUT2D eigenvalue weighted by Crippen LogP contribution is -1.22. The summed E-state index contributed by atoms with van der Waals surface area (Å²) in [5, 5.41) is 0. The van der Waals surface area contributed by atoms with Gasteiger partial charge in [-0.05, 0) is 6.90 Å². The lowest BCUT2D eigenvalue weighted by atomic mass is 10.8. The Labute approximate surface area is 26.4 Å². The van der Waals surface area contributed by atoms with Crippen LogP contribution in [0.5, 0.6) is 0 Å². The minimum absolute atomic E-state index is 0.0382. The van der Waals surface area contributed by atoms with Gasteiger partial charge in [-0.2, -0.15) is 0 Å². The zero-order chi connectivity index (χ0) is 4.12. The Kier molecular flexibility index (Phi) is 1.30. The molecule has 0 aliphatic heterocycles. The molecule has 0 heterocycles. The minimum Gasteiger partial charge on any atom is -0.216 e. The van der Waals surface area contributed by atoms with Crippen LogP contribution in [0.4, 0.5) is 4.39 Å². The highest BCUT2D eigenvalue weighted by Gasteiger charge is 1.38. The van der Waals surface area contributed by atoms with Gasteiger partial charge in [0, 0.05) is 1.37 Å². The van der Waals surface area contributed by atoms with Gasteiger partial charge in [0.05, 0.1) is 6.33 Å². The molecule has 0 bridgehead atoms. The van der Waals surface area contributed by atoms with E-state index in [9.17, 15) is 4.39 Å². The zero-order valence-corrected chi connectivity index (χ0v) is 2.24. The average Bonchev–Trinajstić information content (AvgIpc) is 1.41. The van der Waals surface area contributed by atoms with Crippen LogP contribution in [-0.4, -0.2) is 0 Å². The van der Waals surface area contributed by atoms with E-state index in [1.54, 1.807) is 0 Å². The van der Waals surface area contributed by atoms with Crippen molar-refractivity contribution in [1.29, 1.82) is 0 Å². The molecule has 0 radical (unpaired) electrons. The van der Waals surface area contributed by atoms with E-state index in [2.05, 4.69) is 0 Å². The molecule has 0 aliphatic carbocycles. The minimum atomic E-state index is 0.0382. The Morgan fingerprint density at radius 2 is 3.00 bits per heavy atom. The summed E-state index contributed by atoms with van der Waals surface area (Å²) in [5.74, 6) is 0. The summed E-state index contributed by atoms with van der Waals surface area (Å²) in [4.78, 5) is 0. The quantitative estimate of drug-likeness (QED) is 0.398. The van der Waals surface area contributed by atoms with Gasteiger partial charge in [-0.25, -0.2) is 4.39 Å². The fourth-order valence-electron chi connectivity index (χ4n) is 0. The summed E-state index contributed by atoms with van der Waals surface area (Å²) < 4.78 is 17.0. The predicted molar refractivity (Wildman–Crippen MR) is 15.9 cm³/mol. The summed E-state index contributed by atoms with van der Waals surface area (Å²) in [6.45, 7) is 0.0382. The third kappa shape index (κ3) is 1.67. The predicted octanol–water partition coefficient (Wildman–Crippen LogP) is 1.49. The van der Waals surface area contributed by atoms with E-state index in [1.807, 2.05) is 0 Å². The van der Waals surface area contributed by atoms with Crippen molar-refractivity contribution in [3.8, 4) is 0 Å². The van der Waals surface area contributed by atoms with E-state index in [0.29, 0.717) is 6.33 Å². The summed E-state index contributed by atoms with van der Waals surface area (Å²) in [7, 11) is 0. The van der Waals surface area contributed by atoms with Gasteiger partial charge in [-0.3, -0.25) is 0 Å². The maximum Gasteiger partial charge on any atom is 0.0824 e. The lowest BCUT2D eigenvalue weighted by Gasteiger charge is -1.45. The Morgan fingerprint density at radius 3 is 3.00 bits per heavy atom. The molecule has 0 nitrogen and oxygen atoms in total. The first kappa shape index (κ1) is 1.94. The summed E-state index contributed by atoms with van der Waals surface area (Å²) in [5.41, 5.74) is 0. The summed E-state index contributed by atoms with van der Waals surface area (Å²) in [6.07, 6.45) is 1.49. The molecule has 0 fully saturated rings. The summed E-state index contributed by atoms with van der Waals surface area (Å²) in [6, 6.07) is 0.